The minimum absolute atomic E-state index is 0. The van der Waals surface area contributed by atoms with Gasteiger partial charge in [-0.05, 0) is 0 Å². The Balaban J connectivity index is -0.00000000381. The van der Waals surface area contributed by atoms with E-state index in [0.717, 1.165) is 0 Å². The molecular formula is H14FeO10S. The maximum Gasteiger partial charge on any atom is 0.394 e. The zero-order chi connectivity index (χ0) is 4.50. The van der Waals surface area contributed by atoms with E-state index >= 15 is 0 Å². The molecule has 0 unspecified atom stereocenters. The monoisotopic (exact) mass is 262 g/mol. The smallest absolute Gasteiger partial charge is 0.394 e. The third-order valence-corrected chi connectivity index (χ3v) is 0. The van der Waals surface area contributed by atoms with Crippen molar-refractivity contribution in [2.24, 2.45) is 0 Å². The molecule has 0 aliphatic carbocycles. The molecule has 0 saturated heterocycles. The normalized spacial score (nSPS) is 4.83. The maximum absolute atomic E-state index is 8.74. The van der Waals surface area contributed by atoms with Gasteiger partial charge in [0.15, 0.2) is 0 Å². The average Bonchev–Trinajstić information content (AvgIpc) is 0.722. The second-order valence-corrected chi connectivity index (χ2v) is 1.34. The van der Waals surface area contributed by atoms with Gasteiger partial charge in [-0.15, -0.1) is 0 Å². The SMILES string of the molecule is O.O.O.O.O.O.O=S(=O)(O)O.[Fe]. The third-order valence-electron chi connectivity index (χ3n) is 0. The van der Waals surface area contributed by atoms with Crippen molar-refractivity contribution in [2.75, 3.05) is 0 Å². The van der Waals surface area contributed by atoms with Gasteiger partial charge in [0.2, 0.25) is 0 Å². The van der Waals surface area contributed by atoms with Gasteiger partial charge in [-0.25, -0.2) is 0 Å². The van der Waals surface area contributed by atoms with Crippen LogP contribution in [0.15, 0.2) is 0 Å². The van der Waals surface area contributed by atoms with E-state index in [-0.39, 0.29) is 49.9 Å². The molecule has 0 fully saturated rings. The molecule has 0 saturated carbocycles. The van der Waals surface area contributed by atoms with Crippen molar-refractivity contribution in [3.63, 3.8) is 0 Å². The molecule has 14 N–H and O–H groups in total. The standard InChI is InChI=1S/Fe.H2O4S.6H2O/c;1-5(2,3)4;;;;;;/h;(H2,1,2,3,4);6*1H2. The molecule has 12 heavy (non-hydrogen) atoms. The Bertz CT molecular complexity index is 93.0. The largest absolute Gasteiger partial charge is 0.412 e. The van der Waals surface area contributed by atoms with Crippen molar-refractivity contribution >= 4 is 10.4 Å². The molecular weight excluding hydrogens is 248 g/mol. The van der Waals surface area contributed by atoms with Gasteiger partial charge in [0.25, 0.3) is 0 Å². The molecule has 12 heteroatoms. The van der Waals surface area contributed by atoms with E-state index in [2.05, 4.69) is 0 Å². The van der Waals surface area contributed by atoms with Crippen molar-refractivity contribution < 1.29 is 67.4 Å². The summed E-state index contributed by atoms with van der Waals surface area (Å²) >= 11 is 0. The van der Waals surface area contributed by atoms with E-state index in [1.165, 1.54) is 0 Å². The maximum atomic E-state index is 8.74. The summed E-state index contributed by atoms with van der Waals surface area (Å²) in [6.45, 7) is 0. The topological polar surface area (TPSA) is 264 Å². The third kappa shape index (κ3) is 38000. The average molecular weight is 262 g/mol. The van der Waals surface area contributed by atoms with Crippen molar-refractivity contribution in [1.29, 1.82) is 0 Å². The van der Waals surface area contributed by atoms with Crippen LogP contribution in [-0.4, -0.2) is 50.4 Å². The Morgan fingerprint density at radius 3 is 0.667 bits per heavy atom. The summed E-state index contributed by atoms with van der Waals surface area (Å²) in [4.78, 5) is 0. The van der Waals surface area contributed by atoms with E-state index in [1.54, 1.807) is 0 Å². The van der Waals surface area contributed by atoms with Crippen molar-refractivity contribution in [3.8, 4) is 0 Å². The van der Waals surface area contributed by atoms with Crippen LogP contribution in [0.3, 0.4) is 0 Å². The summed E-state index contributed by atoms with van der Waals surface area (Å²) in [5, 5.41) is 0. The predicted octanol–water partition coefficient (Wildman–Crippen LogP) is -5.60. The van der Waals surface area contributed by atoms with Gasteiger partial charge >= 0.3 is 10.4 Å². The van der Waals surface area contributed by atoms with Gasteiger partial charge in [0, 0.05) is 17.1 Å². The van der Waals surface area contributed by atoms with Gasteiger partial charge in [-0.3, -0.25) is 9.11 Å². The Morgan fingerprint density at radius 1 is 0.667 bits per heavy atom. The van der Waals surface area contributed by atoms with Crippen LogP contribution in [-0.2, 0) is 27.5 Å². The summed E-state index contributed by atoms with van der Waals surface area (Å²) in [6.07, 6.45) is 0. The number of hydrogen-bond donors (Lipinski definition) is 2. The van der Waals surface area contributed by atoms with Crippen LogP contribution in [0.4, 0.5) is 0 Å². The first-order valence-electron chi connectivity index (χ1n) is 0.698. The first kappa shape index (κ1) is 87.7. The molecule has 0 amide bonds. The fourth-order valence-electron chi connectivity index (χ4n) is 0. The van der Waals surface area contributed by atoms with Crippen LogP contribution in [0.2, 0.25) is 0 Å². The zero-order valence-electron chi connectivity index (χ0n) is 5.47. The Kier molecular flexibility index (Phi) is 222. The van der Waals surface area contributed by atoms with Crippen LogP contribution in [0.25, 0.3) is 0 Å². The molecule has 0 heterocycles. The molecule has 0 radical (unpaired) electrons. The summed E-state index contributed by atoms with van der Waals surface area (Å²) in [5.74, 6) is 0. The Morgan fingerprint density at radius 2 is 0.667 bits per heavy atom. The van der Waals surface area contributed by atoms with Gasteiger partial charge < -0.3 is 32.9 Å². The first-order chi connectivity index (χ1) is 2.00. The van der Waals surface area contributed by atoms with Crippen molar-refractivity contribution in [2.45, 2.75) is 0 Å². The fraction of sp³-hybridized carbons (Fsp3) is 0. The van der Waals surface area contributed by atoms with Crippen LogP contribution in [0.5, 0.6) is 0 Å². The Hall–Kier alpha value is 0.149. The molecule has 0 aliphatic rings. The van der Waals surface area contributed by atoms with Gasteiger partial charge in [0.1, 0.15) is 0 Å². The molecule has 0 aromatic carbocycles. The van der Waals surface area contributed by atoms with Gasteiger partial charge in [-0.1, -0.05) is 0 Å². The molecule has 0 bridgehead atoms. The van der Waals surface area contributed by atoms with Crippen LogP contribution < -0.4 is 0 Å². The van der Waals surface area contributed by atoms with Crippen molar-refractivity contribution in [1.82, 2.24) is 0 Å². The Labute approximate surface area is 78.5 Å². The van der Waals surface area contributed by atoms with E-state index < -0.39 is 10.4 Å². The predicted molar refractivity (Wildman–Crippen MR) is 35.9 cm³/mol. The van der Waals surface area contributed by atoms with Crippen LogP contribution >= 0.6 is 0 Å². The first-order valence-corrected chi connectivity index (χ1v) is 2.10. The molecule has 0 aliphatic heterocycles. The van der Waals surface area contributed by atoms with Gasteiger partial charge in [-0.2, -0.15) is 8.42 Å². The van der Waals surface area contributed by atoms with Crippen LogP contribution in [0, 0.1) is 0 Å². The molecule has 0 rings (SSSR count). The second kappa shape index (κ2) is 30.4. The van der Waals surface area contributed by atoms with Gasteiger partial charge in [0.05, 0.1) is 0 Å². The fourth-order valence-corrected chi connectivity index (χ4v) is 0. The molecule has 0 aromatic rings. The summed E-state index contributed by atoms with van der Waals surface area (Å²) in [6, 6.07) is 0. The number of rotatable bonds is 0. The summed E-state index contributed by atoms with van der Waals surface area (Å²) < 4.78 is 31.6. The summed E-state index contributed by atoms with van der Waals surface area (Å²) in [5.41, 5.74) is 0. The molecule has 88 valence electrons. The quantitative estimate of drug-likeness (QED) is 0.319. The second-order valence-electron chi connectivity index (χ2n) is 0.448. The van der Waals surface area contributed by atoms with Crippen molar-refractivity contribution in [3.05, 3.63) is 0 Å². The van der Waals surface area contributed by atoms with E-state index in [4.69, 9.17) is 17.5 Å². The van der Waals surface area contributed by atoms with E-state index in [1.807, 2.05) is 0 Å². The molecule has 0 atom stereocenters. The minimum atomic E-state index is -4.67. The molecule has 0 spiro atoms. The summed E-state index contributed by atoms with van der Waals surface area (Å²) in [7, 11) is -4.67. The number of hydrogen-bond acceptors (Lipinski definition) is 2. The van der Waals surface area contributed by atoms with E-state index in [9.17, 15) is 0 Å². The zero-order valence-corrected chi connectivity index (χ0v) is 7.39. The minimum Gasteiger partial charge on any atom is -0.412 e. The molecule has 0 aromatic heterocycles. The molecule has 10 nitrogen and oxygen atoms in total. The van der Waals surface area contributed by atoms with E-state index in [0.29, 0.717) is 0 Å². The van der Waals surface area contributed by atoms with Crippen LogP contribution in [0.1, 0.15) is 0 Å².